The topological polar surface area (TPSA) is 74.4 Å². The van der Waals surface area contributed by atoms with Crippen molar-refractivity contribution in [1.29, 1.82) is 0 Å². The first kappa shape index (κ1) is 17.9. The van der Waals surface area contributed by atoms with Crippen molar-refractivity contribution in [2.24, 2.45) is 5.73 Å². The molecule has 0 aliphatic heterocycles. The molecule has 1 unspecified atom stereocenters. The number of benzene rings is 1. The number of rotatable bonds is 6. The third-order valence-corrected chi connectivity index (χ3v) is 3.24. The predicted molar refractivity (Wildman–Crippen MR) is 92.5 cm³/mol. The second-order valence-corrected chi connectivity index (χ2v) is 6.63. The zero-order valence-corrected chi connectivity index (χ0v) is 14.4. The molecule has 0 saturated carbocycles. The third kappa shape index (κ3) is 6.01. The zero-order chi connectivity index (χ0) is 17.6. The predicted octanol–water partition coefficient (Wildman–Crippen LogP) is 2.87. The van der Waals surface area contributed by atoms with E-state index in [2.05, 4.69) is 4.98 Å². The molecule has 128 valence electrons. The number of carbonyl (C=O) groups is 1. The van der Waals surface area contributed by atoms with E-state index in [-0.39, 0.29) is 5.97 Å². The quantitative estimate of drug-likeness (QED) is 0.825. The Hall–Kier alpha value is -2.40. The van der Waals surface area contributed by atoms with E-state index >= 15 is 0 Å². The maximum absolute atomic E-state index is 11.9. The highest BCUT2D eigenvalue weighted by Crippen LogP contribution is 2.16. The first-order chi connectivity index (χ1) is 11.3. The normalized spacial score (nSPS) is 12.5. The number of hydrogen-bond donors (Lipinski definition) is 1. The van der Waals surface area contributed by atoms with Crippen LogP contribution >= 0.6 is 0 Å². The summed E-state index contributed by atoms with van der Waals surface area (Å²) in [6, 6.07) is 10.7. The van der Waals surface area contributed by atoms with Gasteiger partial charge in [-0.15, -0.1) is 0 Å². The van der Waals surface area contributed by atoms with Gasteiger partial charge < -0.3 is 15.2 Å². The van der Waals surface area contributed by atoms with Crippen LogP contribution in [0.1, 0.15) is 31.9 Å². The lowest BCUT2D eigenvalue weighted by Gasteiger charge is -2.22. The molecule has 1 aromatic carbocycles. The average Bonchev–Trinajstić information content (AvgIpc) is 2.53. The van der Waals surface area contributed by atoms with Crippen molar-refractivity contribution in [2.45, 2.75) is 45.4 Å². The zero-order valence-electron chi connectivity index (χ0n) is 14.4. The van der Waals surface area contributed by atoms with Gasteiger partial charge in [0, 0.05) is 12.4 Å². The molecule has 0 amide bonds. The number of pyridine rings is 1. The van der Waals surface area contributed by atoms with Crippen LogP contribution in [0.3, 0.4) is 0 Å². The van der Waals surface area contributed by atoms with Crippen LogP contribution in [0.15, 0.2) is 48.8 Å². The summed E-state index contributed by atoms with van der Waals surface area (Å²) in [5.74, 6) is 0.377. The van der Waals surface area contributed by atoms with Crippen molar-refractivity contribution in [3.8, 4) is 5.75 Å². The van der Waals surface area contributed by atoms with E-state index in [1.54, 1.807) is 12.4 Å². The van der Waals surface area contributed by atoms with E-state index in [0.717, 1.165) is 16.9 Å². The molecule has 0 radical (unpaired) electrons. The Bertz CT molecular complexity index is 649. The molecule has 1 atom stereocenters. The lowest BCUT2D eigenvalue weighted by molar-refractivity contribution is -0.156. The van der Waals surface area contributed by atoms with Gasteiger partial charge >= 0.3 is 5.97 Å². The number of nitrogens with two attached hydrogens (primary N) is 1. The van der Waals surface area contributed by atoms with Crippen molar-refractivity contribution < 1.29 is 14.3 Å². The van der Waals surface area contributed by atoms with Gasteiger partial charge in [-0.2, -0.15) is 0 Å². The van der Waals surface area contributed by atoms with Gasteiger partial charge in [-0.05, 0) is 62.6 Å². The molecular formula is C19H24N2O3. The lowest BCUT2D eigenvalue weighted by Crippen LogP contribution is -2.38. The minimum Gasteiger partial charge on any atom is -0.489 e. The first-order valence-corrected chi connectivity index (χ1v) is 7.92. The summed E-state index contributed by atoms with van der Waals surface area (Å²) in [4.78, 5) is 15.9. The monoisotopic (exact) mass is 328 g/mol. The van der Waals surface area contributed by atoms with Gasteiger partial charge in [-0.25, -0.2) is 0 Å². The Morgan fingerprint density at radius 3 is 2.29 bits per heavy atom. The van der Waals surface area contributed by atoms with Crippen molar-refractivity contribution in [3.63, 3.8) is 0 Å². The van der Waals surface area contributed by atoms with Gasteiger partial charge in [0.1, 0.15) is 24.0 Å². The first-order valence-electron chi connectivity index (χ1n) is 7.92. The van der Waals surface area contributed by atoms with Crippen molar-refractivity contribution in [3.05, 3.63) is 59.9 Å². The largest absolute Gasteiger partial charge is 0.489 e. The van der Waals surface area contributed by atoms with Crippen LogP contribution < -0.4 is 10.5 Å². The Morgan fingerprint density at radius 2 is 1.71 bits per heavy atom. The fraction of sp³-hybridized carbons (Fsp3) is 0.368. The number of nitrogens with zero attached hydrogens (tertiary/aromatic N) is 1. The maximum atomic E-state index is 11.9. The van der Waals surface area contributed by atoms with Crippen LogP contribution in [-0.4, -0.2) is 22.6 Å². The molecule has 24 heavy (non-hydrogen) atoms. The third-order valence-electron chi connectivity index (χ3n) is 3.24. The van der Waals surface area contributed by atoms with Crippen LogP contribution in [0.5, 0.6) is 5.75 Å². The molecule has 2 aromatic rings. The summed E-state index contributed by atoms with van der Waals surface area (Å²) in [5.41, 5.74) is 7.41. The molecule has 5 nitrogen and oxygen atoms in total. The number of hydrogen-bond acceptors (Lipinski definition) is 5. The van der Waals surface area contributed by atoms with Gasteiger partial charge in [0.2, 0.25) is 0 Å². The van der Waals surface area contributed by atoms with Gasteiger partial charge in [-0.3, -0.25) is 9.78 Å². The van der Waals surface area contributed by atoms with E-state index in [9.17, 15) is 4.79 Å². The number of carbonyl (C=O) groups excluding carboxylic acids is 1. The second kappa shape index (κ2) is 7.93. The molecule has 0 aliphatic rings. The van der Waals surface area contributed by atoms with E-state index in [1.807, 2.05) is 57.2 Å². The summed E-state index contributed by atoms with van der Waals surface area (Å²) >= 11 is 0. The standard InChI is InChI=1S/C19H24N2O3/c1-19(2,3)24-18(22)17(20)12-14-4-6-16(7-5-14)23-13-15-8-10-21-11-9-15/h4-11,17H,12-13,20H2,1-3H3. The Balaban J connectivity index is 1.86. The number of aromatic nitrogens is 1. The second-order valence-electron chi connectivity index (χ2n) is 6.63. The fourth-order valence-electron chi connectivity index (χ4n) is 2.08. The summed E-state index contributed by atoms with van der Waals surface area (Å²) in [6.45, 7) is 5.96. The Morgan fingerprint density at radius 1 is 1.08 bits per heavy atom. The number of esters is 1. The van der Waals surface area contributed by atoms with Crippen LogP contribution in [0.2, 0.25) is 0 Å². The molecular weight excluding hydrogens is 304 g/mol. The molecule has 1 heterocycles. The van der Waals surface area contributed by atoms with Crippen LogP contribution in [0.4, 0.5) is 0 Å². The molecule has 0 fully saturated rings. The highest BCUT2D eigenvalue weighted by atomic mass is 16.6. The van der Waals surface area contributed by atoms with E-state index in [0.29, 0.717) is 13.0 Å². The van der Waals surface area contributed by atoms with E-state index < -0.39 is 11.6 Å². The molecule has 1 aromatic heterocycles. The van der Waals surface area contributed by atoms with E-state index in [4.69, 9.17) is 15.2 Å². The van der Waals surface area contributed by atoms with Crippen LogP contribution in [-0.2, 0) is 22.6 Å². The van der Waals surface area contributed by atoms with E-state index in [1.165, 1.54) is 0 Å². The molecule has 0 bridgehead atoms. The molecule has 2 N–H and O–H groups in total. The van der Waals surface area contributed by atoms with Crippen molar-refractivity contribution in [2.75, 3.05) is 0 Å². The Labute approximate surface area is 142 Å². The highest BCUT2D eigenvalue weighted by molar-refractivity contribution is 5.76. The lowest BCUT2D eigenvalue weighted by atomic mass is 10.1. The summed E-state index contributed by atoms with van der Waals surface area (Å²) in [6.07, 6.45) is 3.90. The molecule has 0 saturated heterocycles. The van der Waals surface area contributed by atoms with Crippen molar-refractivity contribution >= 4 is 5.97 Å². The van der Waals surface area contributed by atoms with Gasteiger partial charge in [-0.1, -0.05) is 12.1 Å². The summed E-state index contributed by atoms with van der Waals surface area (Å²) in [5, 5.41) is 0. The minimum atomic E-state index is -0.673. The SMILES string of the molecule is CC(C)(C)OC(=O)C(N)Cc1ccc(OCc2ccncc2)cc1. The molecule has 5 heteroatoms. The maximum Gasteiger partial charge on any atom is 0.323 e. The molecule has 2 rings (SSSR count). The van der Waals surface area contributed by atoms with Gasteiger partial charge in [0.05, 0.1) is 0 Å². The number of ether oxygens (including phenoxy) is 2. The van der Waals surface area contributed by atoms with Gasteiger partial charge in [0.25, 0.3) is 0 Å². The smallest absolute Gasteiger partial charge is 0.323 e. The summed E-state index contributed by atoms with van der Waals surface area (Å²) in [7, 11) is 0. The van der Waals surface area contributed by atoms with Crippen LogP contribution in [0, 0.1) is 0 Å². The van der Waals surface area contributed by atoms with Crippen molar-refractivity contribution in [1.82, 2.24) is 4.98 Å². The Kier molecular flexibility index (Phi) is 5.93. The van der Waals surface area contributed by atoms with Crippen LogP contribution in [0.25, 0.3) is 0 Å². The fourth-order valence-corrected chi connectivity index (χ4v) is 2.08. The van der Waals surface area contributed by atoms with Gasteiger partial charge in [0.15, 0.2) is 0 Å². The highest BCUT2D eigenvalue weighted by Gasteiger charge is 2.22. The average molecular weight is 328 g/mol. The minimum absolute atomic E-state index is 0.388. The summed E-state index contributed by atoms with van der Waals surface area (Å²) < 4.78 is 11.0. The molecule has 0 aliphatic carbocycles. The molecule has 0 spiro atoms.